The Morgan fingerprint density at radius 2 is 1.97 bits per heavy atom. The van der Waals surface area contributed by atoms with E-state index in [0.717, 1.165) is 16.6 Å². The Bertz CT molecular complexity index is 1490. The SMILES string of the molecule is C[C@H]1CN(c2ccc(S(=O)(=O)Nc3nccs3)cc2)CCN1C(=O)[C@H](C)n1ccc2ccc(Cl)cc21.[HH]. The van der Waals surface area contributed by atoms with E-state index in [4.69, 9.17) is 11.6 Å². The van der Waals surface area contributed by atoms with Crippen molar-refractivity contribution in [3.8, 4) is 0 Å². The lowest BCUT2D eigenvalue weighted by molar-refractivity contribution is -0.136. The molecule has 2 aromatic carbocycles. The van der Waals surface area contributed by atoms with Crippen LogP contribution in [0.5, 0.6) is 0 Å². The van der Waals surface area contributed by atoms with E-state index < -0.39 is 10.0 Å². The van der Waals surface area contributed by atoms with Crippen molar-refractivity contribution >= 4 is 60.6 Å². The number of hydrogen-bond donors (Lipinski definition) is 1. The number of nitrogens with zero attached hydrogens (tertiary/aromatic N) is 4. The second kappa shape index (κ2) is 9.76. The van der Waals surface area contributed by atoms with Crippen molar-refractivity contribution in [2.24, 2.45) is 0 Å². The number of fused-ring (bicyclic) bond motifs is 1. The maximum atomic E-state index is 13.4. The van der Waals surface area contributed by atoms with Crippen LogP contribution in [0.3, 0.4) is 0 Å². The van der Waals surface area contributed by atoms with E-state index in [9.17, 15) is 13.2 Å². The van der Waals surface area contributed by atoms with Crippen LogP contribution in [0.1, 0.15) is 21.3 Å². The molecule has 0 aliphatic carbocycles. The molecule has 1 fully saturated rings. The summed E-state index contributed by atoms with van der Waals surface area (Å²) in [6, 6.07) is 14.1. The average molecular weight is 546 g/mol. The van der Waals surface area contributed by atoms with Gasteiger partial charge in [-0.2, -0.15) is 0 Å². The highest BCUT2D eigenvalue weighted by molar-refractivity contribution is 7.93. The topological polar surface area (TPSA) is 87.5 Å². The van der Waals surface area contributed by atoms with Gasteiger partial charge in [-0.25, -0.2) is 13.4 Å². The molecule has 36 heavy (non-hydrogen) atoms. The molecular formula is C25H28ClN5O3S2. The highest BCUT2D eigenvalue weighted by atomic mass is 35.5. The minimum absolute atomic E-state index is 0. The number of anilines is 2. The number of thiazole rings is 1. The zero-order chi connectivity index (χ0) is 25.4. The predicted molar refractivity (Wildman–Crippen MR) is 147 cm³/mol. The van der Waals surface area contributed by atoms with Gasteiger partial charge in [0, 0.05) is 55.6 Å². The second-order valence-corrected chi connectivity index (χ2v) is 11.9. The van der Waals surface area contributed by atoms with E-state index in [2.05, 4.69) is 14.6 Å². The van der Waals surface area contributed by atoms with Gasteiger partial charge < -0.3 is 14.4 Å². The number of rotatable bonds is 6. The van der Waals surface area contributed by atoms with Crippen LogP contribution in [0, 0.1) is 0 Å². The third kappa shape index (κ3) is 4.80. The van der Waals surface area contributed by atoms with Crippen molar-refractivity contribution in [3.05, 3.63) is 71.3 Å². The second-order valence-electron chi connectivity index (χ2n) is 8.87. The first-order chi connectivity index (χ1) is 17.2. The molecule has 0 spiro atoms. The van der Waals surface area contributed by atoms with Gasteiger partial charge in [-0.1, -0.05) is 17.7 Å². The molecule has 0 radical (unpaired) electrons. The summed E-state index contributed by atoms with van der Waals surface area (Å²) < 4.78 is 29.7. The third-order valence-electron chi connectivity index (χ3n) is 6.54. The van der Waals surface area contributed by atoms with E-state index in [1.54, 1.807) is 35.8 Å². The van der Waals surface area contributed by atoms with Gasteiger partial charge in [0.25, 0.3) is 10.0 Å². The van der Waals surface area contributed by atoms with Gasteiger partial charge in [-0.15, -0.1) is 11.3 Å². The van der Waals surface area contributed by atoms with Crippen molar-refractivity contribution in [3.63, 3.8) is 0 Å². The molecular weight excluding hydrogens is 518 g/mol. The smallest absolute Gasteiger partial charge is 0.263 e. The van der Waals surface area contributed by atoms with Gasteiger partial charge in [0.05, 0.1) is 10.4 Å². The van der Waals surface area contributed by atoms with Gasteiger partial charge in [0.1, 0.15) is 6.04 Å². The lowest BCUT2D eigenvalue weighted by Gasteiger charge is -2.42. The van der Waals surface area contributed by atoms with Crippen molar-refractivity contribution in [1.82, 2.24) is 14.5 Å². The number of halogens is 1. The molecule has 0 unspecified atom stereocenters. The Balaban J connectivity index is 0.00000320. The fourth-order valence-corrected chi connectivity index (χ4v) is 6.58. The Morgan fingerprint density at radius 1 is 1.19 bits per heavy atom. The molecule has 1 aliphatic rings. The third-order valence-corrected chi connectivity index (χ3v) is 8.94. The van der Waals surface area contributed by atoms with Crippen LogP contribution in [0.25, 0.3) is 10.9 Å². The van der Waals surface area contributed by atoms with Gasteiger partial charge in [-0.3, -0.25) is 9.52 Å². The standard InChI is InChI=1S/C25H26ClN5O3S2.H2/c1-17-16-29(21-5-7-22(8-6-21)36(33,34)28-25-27-10-14-35-25)12-13-30(17)24(32)18(2)31-11-9-19-3-4-20(26)15-23(19)31;/h3-11,14-15,17-18H,12-13,16H2,1-2H3,(H,27,28);1H/t17-,18-;/m0./s1. The molecule has 4 aromatic rings. The fourth-order valence-electron chi connectivity index (χ4n) is 4.62. The average Bonchev–Trinajstić information content (AvgIpc) is 3.52. The van der Waals surface area contributed by atoms with E-state index in [-0.39, 0.29) is 24.3 Å². The largest absolute Gasteiger partial charge is 0.368 e. The summed E-state index contributed by atoms with van der Waals surface area (Å²) in [6.45, 7) is 5.85. The molecule has 3 heterocycles. The first-order valence-electron chi connectivity index (χ1n) is 11.6. The van der Waals surface area contributed by atoms with Gasteiger partial charge in [0.2, 0.25) is 5.91 Å². The predicted octanol–water partition coefficient (Wildman–Crippen LogP) is 5.10. The van der Waals surface area contributed by atoms with E-state index in [1.807, 2.05) is 53.8 Å². The summed E-state index contributed by atoms with van der Waals surface area (Å²) in [5, 5.41) is 3.73. The maximum Gasteiger partial charge on any atom is 0.263 e. The van der Waals surface area contributed by atoms with E-state index in [1.165, 1.54) is 11.3 Å². The van der Waals surface area contributed by atoms with Crippen LogP contribution >= 0.6 is 22.9 Å². The Kier molecular flexibility index (Phi) is 6.67. The number of amides is 1. The molecule has 1 saturated heterocycles. The molecule has 11 heteroatoms. The normalized spacial score (nSPS) is 17.4. The van der Waals surface area contributed by atoms with Gasteiger partial charge in [-0.05, 0) is 61.7 Å². The number of carbonyl (C=O) groups is 1. The molecule has 5 rings (SSSR count). The number of piperazine rings is 1. The Hall–Kier alpha value is -3.08. The molecule has 0 bridgehead atoms. The Morgan fingerprint density at radius 3 is 2.67 bits per heavy atom. The molecule has 2 aromatic heterocycles. The summed E-state index contributed by atoms with van der Waals surface area (Å²) in [6.07, 6.45) is 3.48. The number of sulfonamides is 1. The van der Waals surface area contributed by atoms with Gasteiger partial charge in [0.15, 0.2) is 5.13 Å². The molecule has 2 atom stereocenters. The summed E-state index contributed by atoms with van der Waals surface area (Å²) in [5.74, 6) is 0.0642. The zero-order valence-corrected chi connectivity index (χ0v) is 22.2. The number of hydrogen-bond acceptors (Lipinski definition) is 6. The first kappa shape index (κ1) is 24.6. The molecule has 1 N–H and O–H groups in total. The van der Waals surface area contributed by atoms with Gasteiger partial charge >= 0.3 is 0 Å². The zero-order valence-electron chi connectivity index (χ0n) is 19.8. The van der Waals surface area contributed by atoms with E-state index in [0.29, 0.717) is 29.8 Å². The Labute approximate surface area is 220 Å². The molecule has 0 saturated carbocycles. The fraction of sp³-hybridized carbons (Fsp3) is 0.280. The molecule has 1 aliphatic heterocycles. The van der Waals surface area contributed by atoms with Crippen molar-refractivity contribution in [1.29, 1.82) is 0 Å². The van der Waals surface area contributed by atoms with Crippen LogP contribution in [0.15, 0.2) is 71.2 Å². The monoisotopic (exact) mass is 545 g/mol. The van der Waals surface area contributed by atoms with Crippen LogP contribution in [0.4, 0.5) is 10.8 Å². The summed E-state index contributed by atoms with van der Waals surface area (Å²) in [5.41, 5.74) is 1.86. The first-order valence-corrected chi connectivity index (χ1v) is 14.3. The van der Waals surface area contributed by atoms with Crippen LogP contribution in [-0.2, 0) is 14.8 Å². The lowest BCUT2D eigenvalue weighted by Crippen LogP contribution is -2.55. The maximum absolute atomic E-state index is 13.4. The van der Waals surface area contributed by atoms with Crippen molar-refractivity contribution in [2.45, 2.75) is 30.8 Å². The summed E-state index contributed by atoms with van der Waals surface area (Å²) in [7, 11) is -3.70. The highest BCUT2D eigenvalue weighted by Crippen LogP contribution is 2.27. The highest BCUT2D eigenvalue weighted by Gasteiger charge is 2.31. The molecule has 8 nitrogen and oxygen atoms in total. The number of carbonyl (C=O) groups excluding carboxylic acids is 1. The van der Waals surface area contributed by atoms with Crippen molar-refractivity contribution < 1.29 is 14.6 Å². The molecule has 1 amide bonds. The van der Waals surface area contributed by atoms with Crippen LogP contribution in [-0.4, -0.2) is 54.5 Å². The van der Waals surface area contributed by atoms with Crippen LogP contribution in [0.2, 0.25) is 5.02 Å². The minimum Gasteiger partial charge on any atom is -0.368 e. The minimum atomic E-state index is -3.70. The van der Waals surface area contributed by atoms with E-state index >= 15 is 0 Å². The number of aromatic nitrogens is 2. The van der Waals surface area contributed by atoms with Crippen LogP contribution < -0.4 is 9.62 Å². The summed E-state index contributed by atoms with van der Waals surface area (Å²) >= 11 is 7.42. The van der Waals surface area contributed by atoms with Crippen molar-refractivity contribution in [2.75, 3.05) is 29.3 Å². The quantitative estimate of drug-likeness (QED) is 0.364. The lowest BCUT2D eigenvalue weighted by atomic mass is 10.1. The molecule has 190 valence electrons. The number of benzene rings is 2. The summed E-state index contributed by atoms with van der Waals surface area (Å²) in [4.78, 5) is 21.7. The number of nitrogens with one attached hydrogen (secondary N) is 1.